The van der Waals surface area contributed by atoms with Gasteiger partial charge in [0.25, 0.3) is 0 Å². The highest BCUT2D eigenvalue weighted by Gasteiger charge is 2.26. The van der Waals surface area contributed by atoms with Gasteiger partial charge in [0.1, 0.15) is 0 Å². The second-order valence-electron chi connectivity index (χ2n) is 5.13. The highest BCUT2D eigenvalue weighted by atomic mass is 32.2. The molecule has 19 heavy (non-hydrogen) atoms. The molecule has 0 saturated heterocycles. The van der Waals surface area contributed by atoms with Gasteiger partial charge in [0.05, 0.1) is 13.2 Å². The molecule has 0 bridgehead atoms. The van der Waals surface area contributed by atoms with Gasteiger partial charge in [-0.2, -0.15) is 23.5 Å². The van der Waals surface area contributed by atoms with Crippen LogP contribution in [-0.4, -0.2) is 53.4 Å². The van der Waals surface area contributed by atoms with Crippen LogP contribution in [0.4, 0.5) is 12.3 Å². The van der Waals surface area contributed by atoms with Crippen LogP contribution in [0, 0.1) is 0 Å². The van der Waals surface area contributed by atoms with Crippen molar-refractivity contribution in [3.63, 3.8) is 0 Å². The molecule has 0 saturated carbocycles. The van der Waals surface area contributed by atoms with E-state index in [0.29, 0.717) is 25.0 Å². The predicted octanol–water partition coefficient (Wildman–Crippen LogP) is 4.66. The summed E-state index contributed by atoms with van der Waals surface area (Å²) in [6.45, 7) is 5.82. The van der Waals surface area contributed by atoms with E-state index in [-0.39, 0.29) is 6.04 Å². The summed E-state index contributed by atoms with van der Waals surface area (Å²) in [5.41, 5.74) is 0. The number of ether oxygens (including phenoxy) is 1. The van der Waals surface area contributed by atoms with Gasteiger partial charge in [-0.3, -0.25) is 8.22 Å². The van der Waals surface area contributed by atoms with Gasteiger partial charge in [-0.15, -0.1) is 0 Å². The third-order valence-corrected chi connectivity index (χ3v) is 7.46. The van der Waals surface area contributed by atoms with Crippen LogP contribution in [0.25, 0.3) is 0 Å². The predicted molar refractivity (Wildman–Crippen MR) is 87.5 cm³/mol. The van der Waals surface area contributed by atoms with Gasteiger partial charge in [0, 0.05) is 17.5 Å². The lowest BCUT2D eigenvalue weighted by Crippen LogP contribution is -2.18. The van der Waals surface area contributed by atoms with E-state index in [0.717, 1.165) is 23.8 Å². The van der Waals surface area contributed by atoms with Gasteiger partial charge in [0.15, 0.2) is 0 Å². The summed E-state index contributed by atoms with van der Waals surface area (Å²) in [6, 6.07) is 0.763. The number of hydrogen-bond acceptors (Lipinski definition) is 3. The van der Waals surface area contributed by atoms with Crippen LogP contribution < -0.4 is 0 Å². The summed E-state index contributed by atoms with van der Waals surface area (Å²) in [5, 5.41) is 0. The highest BCUT2D eigenvalue weighted by Crippen LogP contribution is 2.16. The maximum atomic E-state index is 13.3. The van der Waals surface area contributed by atoms with Crippen LogP contribution in [0.1, 0.15) is 0 Å². The van der Waals surface area contributed by atoms with Crippen LogP contribution in [0.3, 0.4) is 0 Å². The minimum atomic E-state index is -3.86. The van der Waals surface area contributed by atoms with Crippen LogP contribution in [0.15, 0.2) is 0 Å². The topological polar surface area (TPSA) is 9.23 Å². The SMILES string of the molecule is C[Si](C)(F)CCSCCOCCSCC[Si](C)(F)F. The molecule has 0 radical (unpaired) electrons. The maximum absolute atomic E-state index is 13.3. The fourth-order valence-electron chi connectivity index (χ4n) is 1.11. The Bertz CT molecular complexity index is 201. The first-order valence-corrected chi connectivity index (χ1v) is 14.4. The third-order valence-electron chi connectivity index (χ3n) is 2.27. The normalized spacial score (nSPS) is 12.9. The Morgan fingerprint density at radius 1 is 0.789 bits per heavy atom. The highest BCUT2D eigenvalue weighted by molar-refractivity contribution is 7.99. The lowest BCUT2D eigenvalue weighted by atomic mass is 10.8. The minimum Gasteiger partial charge on any atom is -0.380 e. The molecule has 0 aliphatic carbocycles. The molecule has 1 nitrogen and oxygen atoms in total. The zero-order valence-corrected chi connectivity index (χ0v) is 15.6. The van der Waals surface area contributed by atoms with Gasteiger partial charge in [0.2, 0.25) is 8.41 Å². The van der Waals surface area contributed by atoms with Crippen molar-refractivity contribution in [2.24, 2.45) is 0 Å². The van der Waals surface area contributed by atoms with Gasteiger partial charge >= 0.3 is 8.74 Å². The molecular weight excluding hydrogens is 325 g/mol. The van der Waals surface area contributed by atoms with Crippen molar-refractivity contribution in [3.8, 4) is 0 Å². The van der Waals surface area contributed by atoms with E-state index in [1.165, 1.54) is 11.8 Å². The fourth-order valence-corrected chi connectivity index (χ4v) is 6.52. The number of rotatable bonds is 12. The maximum Gasteiger partial charge on any atom is 0.422 e. The lowest BCUT2D eigenvalue weighted by Gasteiger charge is -2.10. The van der Waals surface area contributed by atoms with Crippen molar-refractivity contribution in [2.75, 3.05) is 36.2 Å². The molecule has 0 aromatic heterocycles. The summed E-state index contributed by atoms with van der Waals surface area (Å²) < 4.78 is 43.9. The lowest BCUT2D eigenvalue weighted by molar-refractivity contribution is 0.167. The summed E-state index contributed by atoms with van der Waals surface area (Å²) in [7, 11) is -6.24. The summed E-state index contributed by atoms with van der Waals surface area (Å²) >= 11 is 3.25. The van der Waals surface area contributed by atoms with Crippen molar-refractivity contribution >= 4 is 40.7 Å². The largest absolute Gasteiger partial charge is 0.422 e. The molecule has 0 unspecified atom stereocenters. The van der Waals surface area contributed by atoms with Crippen LogP contribution in [0.5, 0.6) is 0 Å². The number of hydrogen-bond donors (Lipinski definition) is 0. The molecule has 0 spiro atoms. The van der Waals surface area contributed by atoms with Crippen LogP contribution >= 0.6 is 23.5 Å². The number of thioether (sulfide) groups is 2. The van der Waals surface area contributed by atoms with Gasteiger partial charge < -0.3 is 8.84 Å². The van der Waals surface area contributed by atoms with Crippen molar-refractivity contribution < 1.29 is 17.1 Å². The fraction of sp³-hybridized carbons (Fsp3) is 1.00. The second-order valence-corrected chi connectivity index (χ2v) is 14.2. The van der Waals surface area contributed by atoms with E-state index >= 15 is 0 Å². The first kappa shape index (κ1) is 19.9. The monoisotopic (exact) mass is 350 g/mol. The van der Waals surface area contributed by atoms with E-state index in [1.54, 1.807) is 24.9 Å². The molecule has 0 rings (SSSR count). The van der Waals surface area contributed by atoms with Crippen LogP contribution in [-0.2, 0) is 4.74 Å². The first-order valence-electron chi connectivity index (χ1n) is 6.51. The van der Waals surface area contributed by atoms with Crippen molar-refractivity contribution in [2.45, 2.75) is 31.7 Å². The molecule has 0 amide bonds. The average molecular weight is 351 g/mol. The molecule has 0 fully saturated rings. The van der Waals surface area contributed by atoms with Crippen molar-refractivity contribution in [1.82, 2.24) is 0 Å². The molecule has 0 aliphatic heterocycles. The van der Waals surface area contributed by atoms with E-state index in [4.69, 9.17) is 4.74 Å². The quantitative estimate of drug-likeness (QED) is 0.288. The molecule has 0 atom stereocenters. The molecule has 0 aliphatic rings. The molecule has 116 valence electrons. The minimum absolute atomic E-state index is 0.0659. The molecule has 0 heterocycles. The molecule has 0 aromatic rings. The zero-order chi connectivity index (χ0) is 14.8. The van der Waals surface area contributed by atoms with Gasteiger partial charge in [-0.05, 0) is 37.2 Å². The molecule has 8 heteroatoms. The summed E-state index contributed by atoms with van der Waals surface area (Å²) in [6.07, 6.45) is 0. The Balaban J connectivity index is 3.12. The standard InChI is InChI=1S/C11H25F3OS2Si2/c1-18(2,12)10-8-16-6-4-15-5-7-17-9-11-19(3,13)14/h4-11H2,1-3H3. The van der Waals surface area contributed by atoms with Crippen molar-refractivity contribution in [1.29, 1.82) is 0 Å². The Morgan fingerprint density at radius 2 is 1.26 bits per heavy atom. The molecule has 0 N–H and O–H groups in total. The van der Waals surface area contributed by atoms with Crippen LogP contribution in [0.2, 0.25) is 31.7 Å². The third kappa shape index (κ3) is 18.9. The van der Waals surface area contributed by atoms with Gasteiger partial charge in [-0.1, -0.05) is 0 Å². The summed E-state index contributed by atoms with van der Waals surface area (Å²) in [5.74, 6) is 3.06. The smallest absolute Gasteiger partial charge is 0.380 e. The van der Waals surface area contributed by atoms with E-state index in [2.05, 4.69) is 0 Å². The zero-order valence-electron chi connectivity index (χ0n) is 12.0. The summed E-state index contributed by atoms with van der Waals surface area (Å²) in [4.78, 5) is 0. The Labute approximate surface area is 126 Å². The first-order chi connectivity index (χ1) is 8.71. The number of halogens is 3. The van der Waals surface area contributed by atoms with E-state index in [9.17, 15) is 12.3 Å². The molecular formula is C11H25F3OS2Si2. The average Bonchev–Trinajstić information content (AvgIpc) is 2.22. The van der Waals surface area contributed by atoms with Gasteiger partial charge in [-0.25, -0.2) is 0 Å². The van der Waals surface area contributed by atoms with Crippen molar-refractivity contribution in [3.05, 3.63) is 0 Å². The van der Waals surface area contributed by atoms with E-state index < -0.39 is 17.1 Å². The Hall–Kier alpha value is 0.884. The van der Waals surface area contributed by atoms with E-state index in [1.807, 2.05) is 0 Å². The molecule has 0 aromatic carbocycles. The Morgan fingerprint density at radius 3 is 1.68 bits per heavy atom. The Kier molecular flexibility index (Phi) is 11.1. The second kappa shape index (κ2) is 10.6.